The highest BCUT2D eigenvalue weighted by atomic mass is 31.2. The average Bonchev–Trinajstić information content (AvgIpc) is 2.15. The Balaban J connectivity index is 2.03. The Bertz CT molecular complexity index is 450. The van der Waals surface area contributed by atoms with Crippen molar-refractivity contribution in [3.8, 4) is 0 Å². The molecule has 3 N–H and O–H groups in total. The van der Waals surface area contributed by atoms with Gasteiger partial charge in [-0.05, 0) is 37.0 Å². The van der Waals surface area contributed by atoms with E-state index in [9.17, 15) is 24.3 Å². The lowest BCUT2D eigenvalue weighted by Gasteiger charge is -2.61. The molecule has 3 fully saturated rings. The molecule has 6 heteroatoms. The van der Waals surface area contributed by atoms with E-state index in [1.165, 1.54) is 0 Å². The molecule has 0 unspecified atom stereocenters. The molecule has 4 bridgehead atoms. The number of hydrogen-bond donors (Lipinski definition) is 3. The molecule has 0 saturated heterocycles. The van der Waals surface area contributed by atoms with Gasteiger partial charge in [-0.2, -0.15) is 0 Å². The predicted molar refractivity (Wildman–Crippen MR) is 54.5 cm³/mol. The van der Waals surface area contributed by atoms with Crippen LogP contribution in [0.1, 0.15) is 19.3 Å². The maximum absolute atomic E-state index is 11.3. The quantitative estimate of drug-likeness (QED) is 0.634. The van der Waals surface area contributed by atoms with Crippen LogP contribution < -0.4 is 0 Å². The zero-order valence-corrected chi connectivity index (χ0v) is 9.43. The van der Waals surface area contributed by atoms with Crippen LogP contribution in [0.15, 0.2) is 11.4 Å². The Morgan fingerprint density at radius 2 is 2.12 bits per heavy atom. The SMILES string of the molecule is O=C(O)[C@@]12C[C@@H]3C[C@H](C1)[C@H]2C=C3P(=O)(O)O. The summed E-state index contributed by atoms with van der Waals surface area (Å²) in [6, 6.07) is 0. The summed E-state index contributed by atoms with van der Waals surface area (Å²) in [4.78, 5) is 29.6. The fourth-order valence-corrected chi connectivity index (χ4v) is 4.88. The van der Waals surface area contributed by atoms with Crippen LogP contribution in [-0.2, 0) is 9.36 Å². The fourth-order valence-electron chi connectivity index (χ4n) is 3.85. The first-order chi connectivity index (χ1) is 7.34. The van der Waals surface area contributed by atoms with Gasteiger partial charge in [0.15, 0.2) is 0 Å². The van der Waals surface area contributed by atoms with Crippen molar-refractivity contribution in [1.29, 1.82) is 0 Å². The molecule has 0 aromatic carbocycles. The zero-order valence-electron chi connectivity index (χ0n) is 8.54. The molecule has 5 rings (SSSR count). The summed E-state index contributed by atoms with van der Waals surface area (Å²) in [6.07, 6.45) is 3.38. The number of hydrogen-bond acceptors (Lipinski definition) is 2. The highest BCUT2D eigenvalue weighted by Gasteiger charge is 2.66. The Morgan fingerprint density at radius 3 is 2.56 bits per heavy atom. The first kappa shape index (κ1) is 10.5. The van der Waals surface area contributed by atoms with E-state index >= 15 is 0 Å². The van der Waals surface area contributed by atoms with Crippen LogP contribution in [0.3, 0.4) is 0 Å². The molecule has 0 amide bonds. The van der Waals surface area contributed by atoms with Crippen LogP contribution in [0.2, 0.25) is 0 Å². The van der Waals surface area contributed by atoms with Crippen molar-refractivity contribution >= 4 is 13.6 Å². The lowest BCUT2D eigenvalue weighted by atomic mass is 9.42. The van der Waals surface area contributed by atoms with Gasteiger partial charge in [-0.15, -0.1) is 0 Å². The van der Waals surface area contributed by atoms with E-state index in [2.05, 4.69) is 0 Å². The number of carbonyl (C=O) groups is 1. The molecule has 0 heterocycles. The molecule has 5 aliphatic rings. The van der Waals surface area contributed by atoms with Crippen LogP contribution >= 0.6 is 7.60 Å². The van der Waals surface area contributed by atoms with Gasteiger partial charge < -0.3 is 14.9 Å². The molecular formula is C10H13O5P. The van der Waals surface area contributed by atoms with Crippen LogP contribution in [0.25, 0.3) is 0 Å². The predicted octanol–water partition coefficient (Wildman–Crippen LogP) is 1.18. The molecule has 5 aliphatic carbocycles. The summed E-state index contributed by atoms with van der Waals surface area (Å²) in [5.41, 5.74) is -0.716. The second-order valence-electron chi connectivity index (χ2n) is 5.22. The van der Waals surface area contributed by atoms with Crippen molar-refractivity contribution in [3.63, 3.8) is 0 Å². The first-order valence-electron chi connectivity index (χ1n) is 5.36. The molecule has 4 atom stereocenters. The largest absolute Gasteiger partial charge is 0.481 e. The second kappa shape index (κ2) is 2.78. The molecule has 16 heavy (non-hydrogen) atoms. The Hall–Kier alpha value is -0.640. The minimum atomic E-state index is -4.18. The molecule has 0 spiro atoms. The standard InChI is InChI=1S/C10H13O5P/c11-9(12)10-3-5-1-6(4-10)8(2-7(5)10)16(13,14)15/h2,5-7H,1,3-4H2,(H,11,12)(H2,13,14,15)/t5-,6+,7-,10-/m1/s1. The summed E-state index contributed by atoms with van der Waals surface area (Å²) >= 11 is 0. The monoisotopic (exact) mass is 244 g/mol. The second-order valence-corrected chi connectivity index (χ2v) is 6.83. The molecule has 0 radical (unpaired) electrons. The van der Waals surface area contributed by atoms with Crippen molar-refractivity contribution in [2.75, 3.05) is 0 Å². The number of carboxylic acids is 1. The normalized spacial score (nSPS) is 44.9. The molecule has 0 aromatic rings. The minimum Gasteiger partial charge on any atom is -0.481 e. The summed E-state index contributed by atoms with van der Waals surface area (Å²) in [7, 11) is -4.18. The zero-order chi connectivity index (χ0) is 11.7. The van der Waals surface area contributed by atoms with Crippen molar-refractivity contribution in [3.05, 3.63) is 11.4 Å². The van der Waals surface area contributed by atoms with Gasteiger partial charge in [-0.1, -0.05) is 6.08 Å². The van der Waals surface area contributed by atoms with E-state index in [4.69, 9.17) is 0 Å². The Kier molecular flexibility index (Phi) is 1.83. The van der Waals surface area contributed by atoms with Gasteiger partial charge >= 0.3 is 13.6 Å². The Labute approximate surface area is 92.3 Å². The molecule has 3 saturated carbocycles. The summed E-state index contributed by atoms with van der Waals surface area (Å²) in [5, 5.41) is 9.41. The molecular weight excluding hydrogens is 231 g/mol. The van der Waals surface area contributed by atoms with E-state index in [1.807, 2.05) is 0 Å². The smallest absolute Gasteiger partial charge is 0.352 e. The van der Waals surface area contributed by atoms with Crippen molar-refractivity contribution < 1.29 is 24.3 Å². The third-order valence-electron chi connectivity index (χ3n) is 4.50. The molecule has 5 nitrogen and oxygen atoms in total. The first-order valence-corrected chi connectivity index (χ1v) is 6.97. The van der Waals surface area contributed by atoms with Gasteiger partial charge in [0.1, 0.15) is 0 Å². The van der Waals surface area contributed by atoms with Gasteiger partial charge in [0.25, 0.3) is 0 Å². The molecule has 0 aliphatic heterocycles. The number of carboxylic acid groups (broad SMARTS) is 1. The number of rotatable bonds is 2. The average molecular weight is 244 g/mol. The highest BCUT2D eigenvalue weighted by molar-refractivity contribution is 7.56. The molecule has 0 aromatic heterocycles. The van der Waals surface area contributed by atoms with Crippen LogP contribution in [-0.4, -0.2) is 20.9 Å². The maximum atomic E-state index is 11.3. The van der Waals surface area contributed by atoms with E-state index in [0.29, 0.717) is 18.8 Å². The lowest BCUT2D eigenvalue weighted by Crippen LogP contribution is -2.60. The summed E-state index contributed by atoms with van der Waals surface area (Å²) in [5.74, 6) is -0.858. The third kappa shape index (κ3) is 1.09. The van der Waals surface area contributed by atoms with E-state index in [-0.39, 0.29) is 17.2 Å². The number of allylic oxidation sites excluding steroid dienone is 2. The van der Waals surface area contributed by atoms with Gasteiger partial charge in [0.2, 0.25) is 0 Å². The molecule has 88 valence electrons. The van der Waals surface area contributed by atoms with Crippen molar-refractivity contribution in [2.45, 2.75) is 19.3 Å². The van der Waals surface area contributed by atoms with Gasteiger partial charge in [0, 0.05) is 5.31 Å². The van der Waals surface area contributed by atoms with Crippen LogP contribution in [0.4, 0.5) is 0 Å². The fraction of sp³-hybridized carbons (Fsp3) is 0.700. The summed E-state index contributed by atoms with van der Waals surface area (Å²) < 4.78 is 11.3. The maximum Gasteiger partial charge on any atom is 0.352 e. The highest BCUT2D eigenvalue weighted by Crippen LogP contribution is 2.71. The van der Waals surface area contributed by atoms with E-state index < -0.39 is 19.0 Å². The lowest BCUT2D eigenvalue weighted by molar-refractivity contribution is -0.178. The van der Waals surface area contributed by atoms with Crippen LogP contribution in [0.5, 0.6) is 0 Å². The topological polar surface area (TPSA) is 94.8 Å². The van der Waals surface area contributed by atoms with E-state index in [1.54, 1.807) is 6.08 Å². The third-order valence-corrected chi connectivity index (χ3v) is 5.69. The Morgan fingerprint density at radius 1 is 1.44 bits per heavy atom. The number of aliphatic carboxylic acids is 1. The van der Waals surface area contributed by atoms with Crippen LogP contribution in [0, 0.1) is 23.2 Å². The summed E-state index contributed by atoms with van der Waals surface area (Å²) in [6.45, 7) is 0. The van der Waals surface area contributed by atoms with Crippen molar-refractivity contribution in [1.82, 2.24) is 0 Å². The van der Waals surface area contributed by atoms with Crippen molar-refractivity contribution in [2.24, 2.45) is 23.2 Å². The van der Waals surface area contributed by atoms with Gasteiger partial charge in [-0.3, -0.25) is 9.36 Å². The van der Waals surface area contributed by atoms with Gasteiger partial charge in [0.05, 0.1) is 5.41 Å². The minimum absolute atomic E-state index is 0.155. The van der Waals surface area contributed by atoms with E-state index in [0.717, 1.165) is 6.42 Å². The van der Waals surface area contributed by atoms with Gasteiger partial charge in [-0.25, -0.2) is 0 Å².